The van der Waals surface area contributed by atoms with Crippen molar-refractivity contribution in [1.82, 2.24) is 10.2 Å². The van der Waals surface area contributed by atoms with E-state index in [0.717, 1.165) is 0 Å². The number of H-pyrrole nitrogens is 1. The molecule has 0 unspecified atom stereocenters. The molecule has 12 heavy (non-hydrogen) atoms. The van der Waals surface area contributed by atoms with Crippen LogP contribution < -0.4 is 10.9 Å². The molecule has 0 radical (unpaired) electrons. The van der Waals surface area contributed by atoms with Crippen molar-refractivity contribution >= 4 is 5.82 Å². The summed E-state index contributed by atoms with van der Waals surface area (Å²) in [5.41, 5.74) is -0.238. The van der Waals surface area contributed by atoms with Gasteiger partial charge in [-0.2, -0.15) is 5.10 Å². The number of anilines is 1. The third-order valence-corrected chi connectivity index (χ3v) is 1.26. The van der Waals surface area contributed by atoms with Crippen LogP contribution in [0.15, 0.2) is 16.9 Å². The van der Waals surface area contributed by atoms with Gasteiger partial charge in [0.2, 0.25) is 0 Å². The number of nitrogens with zero attached hydrogens (tertiary/aromatic N) is 1. The fraction of sp³-hybridized carbons (Fsp3) is 0.429. The van der Waals surface area contributed by atoms with Crippen LogP contribution in [0.4, 0.5) is 5.82 Å². The first kappa shape index (κ1) is 8.73. The fourth-order valence-electron chi connectivity index (χ4n) is 0.695. The van der Waals surface area contributed by atoms with Crippen LogP contribution >= 0.6 is 0 Å². The molecule has 3 N–H and O–H groups in total. The summed E-state index contributed by atoms with van der Waals surface area (Å²) in [5, 5.41) is 17.7. The molecular formula is C7H11N3O2. The number of aromatic nitrogens is 2. The van der Waals surface area contributed by atoms with Gasteiger partial charge in [0.1, 0.15) is 5.82 Å². The highest BCUT2D eigenvalue weighted by molar-refractivity contribution is 5.31. The molecule has 1 rings (SSSR count). The maximum atomic E-state index is 10.6. The van der Waals surface area contributed by atoms with Gasteiger partial charge in [-0.05, 0) is 13.0 Å². The third-order valence-electron chi connectivity index (χ3n) is 1.26. The summed E-state index contributed by atoms with van der Waals surface area (Å²) >= 11 is 0. The zero-order valence-corrected chi connectivity index (χ0v) is 6.74. The molecule has 0 aliphatic carbocycles. The first-order valence-electron chi connectivity index (χ1n) is 3.66. The van der Waals surface area contributed by atoms with Crippen molar-refractivity contribution in [1.29, 1.82) is 0 Å². The minimum Gasteiger partial charge on any atom is -0.392 e. The lowest BCUT2D eigenvalue weighted by Gasteiger charge is -2.05. The van der Waals surface area contributed by atoms with Crippen molar-refractivity contribution in [3.63, 3.8) is 0 Å². The van der Waals surface area contributed by atoms with Gasteiger partial charge in [0, 0.05) is 12.6 Å². The lowest BCUT2D eigenvalue weighted by Crippen LogP contribution is -2.17. The highest BCUT2D eigenvalue weighted by Crippen LogP contribution is 1.95. The number of hydrogen-bond donors (Lipinski definition) is 3. The second kappa shape index (κ2) is 3.87. The third kappa shape index (κ3) is 2.71. The summed E-state index contributed by atoms with van der Waals surface area (Å²) in [6, 6.07) is 2.93. The number of nitrogens with one attached hydrogen (secondary N) is 2. The van der Waals surface area contributed by atoms with Crippen LogP contribution in [0.5, 0.6) is 0 Å². The lowest BCUT2D eigenvalue weighted by atomic mass is 10.4. The second-order valence-electron chi connectivity index (χ2n) is 2.54. The summed E-state index contributed by atoms with van der Waals surface area (Å²) in [6.07, 6.45) is -0.432. The van der Waals surface area contributed by atoms with Crippen molar-refractivity contribution < 1.29 is 5.11 Å². The van der Waals surface area contributed by atoms with E-state index in [4.69, 9.17) is 5.11 Å². The highest BCUT2D eigenvalue weighted by atomic mass is 16.3. The molecule has 5 heteroatoms. The van der Waals surface area contributed by atoms with Gasteiger partial charge in [-0.15, -0.1) is 0 Å². The molecule has 1 aromatic rings. The first-order valence-corrected chi connectivity index (χ1v) is 3.66. The number of hydrogen-bond acceptors (Lipinski definition) is 4. The molecule has 0 saturated heterocycles. The van der Waals surface area contributed by atoms with Gasteiger partial charge in [0.05, 0.1) is 6.10 Å². The van der Waals surface area contributed by atoms with Crippen molar-refractivity contribution in [2.24, 2.45) is 0 Å². The van der Waals surface area contributed by atoms with Crippen molar-refractivity contribution in [3.05, 3.63) is 22.5 Å². The van der Waals surface area contributed by atoms with E-state index in [9.17, 15) is 4.79 Å². The molecule has 0 aromatic carbocycles. The van der Waals surface area contributed by atoms with Gasteiger partial charge in [-0.25, -0.2) is 5.10 Å². The number of aromatic amines is 1. The van der Waals surface area contributed by atoms with Crippen molar-refractivity contribution in [3.8, 4) is 0 Å². The Kier molecular flexibility index (Phi) is 2.82. The van der Waals surface area contributed by atoms with E-state index in [1.807, 2.05) is 0 Å². The summed E-state index contributed by atoms with van der Waals surface area (Å²) < 4.78 is 0. The Balaban J connectivity index is 2.53. The van der Waals surface area contributed by atoms with Gasteiger partial charge >= 0.3 is 0 Å². The molecule has 0 aliphatic heterocycles. The largest absolute Gasteiger partial charge is 0.392 e. The number of aliphatic hydroxyl groups excluding tert-OH is 1. The number of aliphatic hydroxyl groups is 1. The molecule has 5 nitrogen and oxygen atoms in total. The molecule has 1 aromatic heterocycles. The Hall–Kier alpha value is -1.36. The quantitative estimate of drug-likeness (QED) is 0.573. The lowest BCUT2D eigenvalue weighted by molar-refractivity contribution is 0.208. The van der Waals surface area contributed by atoms with Gasteiger partial charge in [0.15, 0.2) is 0 Å². The average Bonchev–Trinajstić information content (AvgIpc) is 2.03. The van der Waals surface area contributed by atoms with E-state index < -0.39 is 6.10 Å². The molecule has 66 valence electrons. The van der Waals surface area contributed by atoms with E-state index in [2.05, 4.69) is 15.5 Å². The van der Waals surface area contributed by atoms with Crippen LogP contribution in [0.3, 0.4) is 0 Å². The molecule has 0 fully saturated rings. The molecule has 0 saturated carbocycles. The van der Waals surface area contributed by atoms with Gasteiger partial charge < -0.3 is 10.4 Å². The Morgan fingerprint density at radius 1 is 1.75 bits per heavy atom. The van der Waals surface area contributed by atoms with Gasteiger partial charge in [0.25, 0.3) is 5.56 Å². The van der Waals surface area contributed by atoms with E-state index in [-0.39, 0.29) is 5.56 Å². The minimum atomic E-state index is -0.432. The summed E-state index contributed by atoms with van der Waals surface area (Å²) in [5.74, 6) is 0.551. The van der Waals surface area contributed by atoms with Crippen LogP contribution in [0.25, 0.3) is 0 Å². The predicted molar refractivity (Wildman–Crippen MR) is 45.0 cm³/mol. The molecule has 1 atom stereocenters. The van der Waals surface area contributed by atoms with E-state index >= 15 is 0 Å². The zero-order valence-electron chi connectivity index (χ0n) is 6.74. The SMILES string of the molecule is C[C@H](O)CNc1ccc(=O)[nH]n1. The maximum absolute atomic E-state index is 10.6. The van der Waals surface area contributed by atoms with Crippen LogP contribution in [-0.4, -0.2) is 28.0 Å². The van der Waals surface area contributed by atoms with Gasteiger partial charge in [-0.3, -0.25) is 4.79 Å². The topological polar surface area (TPSA) is 78.0 Å². The van der Waals surface area contributed by atoms with E-state index in [0.29, 0.717) is 12.4 Å². The maximum Gasteiger partial charge on any atom is 0.264 e. The standard InChI is InChI=1S/C7H11N3O2/c1-5(11)4-8-6-2-3-7(12)10-9-6/h2-3,5,11H,4H2,1H3,(H,8,9)(H,10,12)/t5-/m0/s1. The van der Waals surface area contributed by atoms with Crippen LogP contribution in [0.1, 0.15) is 6.92 Å². The predicted octanol–water partition coefficient (Wildman–Crippen LogP) is -0.437. The Morgan fingerprint density at radius 2 is 2.50 bits per heavy atom. The Morgan fingerprint density at radius 3 is 3.00 bits per heavy atom. The van der Waals surface area contributed by atoms with E-state index in [1.54, 1.807) is 13.0 Å². The molecule has 0 amide bonds. The highest BCUT2D eigenvalue weighted by Gasteiger charge is 1.95. The molecular weight excluding hydrogens is 158 g/mol. The molecule has 0 aliphatic rings. The Labute approximate surface area is 69.4 Å². The van der Waals surface area contributed by atoms with Crippen molar-refractivity contribution in [2.75, 3.05) is 11.9 Å². The summed E-state index contributed by atoms with van der Waals surface area (Å²) in [7, 11) is 0. The first-order chi connectivity index (χ1) is 5.68. The monoisotopic (exact) mass is 169 g/mol. The minimum absolute atomic E-state index is 0.238. The normalized spacial score (nSPS) is 12.5. The van der Waals surface area contributed by atoms with Gasteiger partial charge in [-0.1, -0.05) is 0 Å². The van der Waals surface area contributed by atoms with Crippen LogP contribution in [0.2, 0.25) is 0 Å². The summed E-state index contributed by atoms with van der Waals surface area (Å²) in [4.78, 5) is 10.6. The number of rotatable bonds is 3. The summed E-state index contributed by atoms with van der Waals surface area (Å²) in [6.45, 7) is 2.08. The van der Waals surface area contributed by atoms with Crippen molar-refractivity contribution in [2.45, 2.75) is 13.0 Å². The average molecular weight is 169 g/mol. The zero-order chi connectivity index (χ0) is 8.97. The molecule has 0 spiro atoms. The second-order valence-corrected chi connectivity index (χ2v) is 2.54. The Bertz CT molecular complexity index is 274. The molecule has 0 bridgehead atoms. The van der Waals surface area contributed by atoms with Crippen LogP contribution in [-0.2, 0) is 0 Å². The van der Waals surface area contributed by atoms with Crippen LogP contribution in [0, 0.1) is 0 Å². The fourth-order valence-corrected chi connectivity index (χ4v) is 0.695. The van der Waals surface area contributed by atoms with E-state index in [1.165, 1.54) is 6.07 Å². The smallest absolute Gasteiger partial charge is 0.264 e. The molecule has 1 heterocycles.